The molecular formula is C3H6Cl4OSi2. The maximum atomic E-state index is 5.93. The standard InChI is InChI=1S/C3H6Cl4OSi2/c4-2-1-9(6)10(7)8-3(2)5/h2-3,9-10H,1H2. The van der Waals surface area contributed by atoms with E-state index in [0.717, 1.165) is 6.04 Å². The minimum Gasteiger partial charge on any atom is -0.389 e. The zero-order chi connectivity index (χ0) is 7.72. The van der Waals surface area contributed by atoms with Gasteiger partial charge in [0.1, 0.15) is 5.56 Å². The third kappa shape index (κ3) is 2.27. The van der Waals surface area contributed by atoms with E-state index in [2.05, 4.69) is 0 Å². The molecule has 0 bridgehead atoms. The molecule has 0 aliphatic carbocycles. The zero-order valence-electron chi connectivity index (χ0n) is 4.94. The van der Waals surface area contributed by atoms with Crippen molar-refractivity contribution in [2.24, 2.45) is 0 Å². The summed E-state index contributed by atoms with van der Waals surface area (Å²) in [7, 11) is -2.97. The summed E-state index contributed by atoms with van der Waals surface area (Å²) in [6, 6.07) is 0.789. The van der Waals surface area contributed by atoms with E-state index in [0.29, 0.717) is 0 Å². The second kappa shape index (κ2) is 3.98. The van der Waals surface area contributed by atoms with Crippen LogP contribution >= 0.6 is 45.4 Å². The van der Waals surface area contributed by atoms with Gasteiger partial charge in [0, 0.05) is 0 Å². The van der Waals surface area contributed by atoms with Crippen molar-refractivity contribution < 1.29 is 4.43 Å². The molecule has 4 atom stereocenters. The molecule has 7 heteroatoms. The maximum absolute atomic E-state index is 5.93. The first-order chi connectivity index (χ1) is 4.61. The van der Waals surface area contributed by atoms with Crippen LogP contribution in [0.25, 0.3) is 0 Å². The Morgan fingerprint density at radius 2 is 1.90 bits per heavy atom. The third-order valence-corrected chi connectivity index (χ3v) is 14.6. The van der Waals surface area contributed by atoms with Crippen molar-refractivity contribution in [2.75, 3.05) is 0 Å². The lowest BCUT2D eigenvalue weighted by atomic mass is 10.5. The van der Waals surface area contributed by atoms with Gasteiger partial charge in [0.05, 0.1) is 5.38 Å². The molecule has 1 rings (SSSR count). The van der Waals surface area contributed by atoms with Crippen LogP contribution in [0.3, 0.4) is 0 Å². The van der Waals surface area contributed by atoms with Crippen molar-refractivity contribution >= 4 is 60.9 Å². The SMILES string of the molecule is ClC1C[SiH](Cl)[SiH](Cl)OC1Cl. The fourth-order valence-corrected chi connectivity index (χ4v) is 9.72. The van der Waals surface area contributed by atoms with E-state index >= 15 is 0 Å². The topological polar surface area (TPSA) is 9.23 Å². The van der Waals surface area contributed by atoms with E-state index in [1.807, 2.05) is 0 Å². The fraction of sp³-hybridized carbons (Fsp3) is 1.00. The summed E-state index contributed by atoms with van der Waals surface area (Å²) in [6.45, 7) is 0. The molecule has 60 valence electrons. The van der Waals surface area contributed by atoms with Crippen molar-refractivity contribution in [3.8, 4) is 0 Å². The summed E-state index contributed by atoms with van der Waals surface area (Å²) < 4.78 is 5.18. The van der Waals surface area contributed by atoms with Gasteiger partial charge in [0.15, 0.2) is 7.62 Å². The molecule has 1 aliphatic heterocycles. The molecule has 1 nitrogen and oxygen atoms in total. The van der Waals surface area contributed by atoms with Gasteiger partial charge < -0.3 is 4.43 Å². The molecule has 0 amide bonds. The maximum Gasteiger partial charge on any atom is 0.274 e. The molecule has 1 fully saturated rings. The number of rotatable bonds is 0. The van der Waals surface area contributed by atoms with Crippen molar-refractivity contribution in [1.82, 2.24) is 0 Å². The van der Waals surface area contributed by atoms with Crippen LogP contribution in [0.15, 0.2) is 0 Å². The van der Waals surface area contributed by atoms with Crippen molar-refractivity contribution in [2.45, 2.75) is 17.0 Å². The van der Waals surface area contributed by atoms with E-state index in [1.54, 1.807) is 0 Å². The Morgan fingerprint density at radius 3 is 2.40 bits per heavy atom. The van der Waals surface area contributed by atoms with Gasteiger partial charge in [0.2, 0.25) is 0 Å². The minimum absolute atomic E-state index is 0.140. The monoisotopic (exact) mass is 254 g/mol. The van der Waals surface area contributed by atoms with E-state index in [9.17, 15) is 0 Å². The highest BCUT2D eigenvalue weighted by Crippen LogP contribution is 2.27. The van der Waals surface area contributed by atoms with Crippen LogP contribution in [-0.2, 0) is 4.43 Å². The number of hydrogen-bond acceptors (Lipinski definition) is 1. The Kier molecular flexibility index (Phi) is 3.84. The van der Waals surface area contributed by atoms with Crippen LogP contribution in [0, 0.1) is 0 Å². The van der Waals surface area contributed by atoms with Crippen LogP contribution in [-0.4, -0.2) is 26.4 Å². The van der Waals surface area contributed by atoms with Crippen LogP contribution in [0.5, 0.6) is 0 Å². The quantitative estimate of drug-likeness (QED) is 0.364. The lowest BCUT2D eigenvalue weighted by Gasteiger charge is -2.28. The van der Waals surface area contributed by atoms with E-state index < -0.39 is 21.1 Å². The van der Waals surface area contributed by atoms with Crippen LogP contribution in [0.4, 0.5) is 0 Å². The lowest BCUT2D eigenvalue weighted by Crippen LogP contribution is -2.43. The van der Waals surface area contributed by atoms with E-state index in [4.69, 9.17) is 49.8 Å². The molecule has 0 aromatic heterocycles. The largest absolute Gasteiger partial charge is 0.389 e. The predicted molar refractivity (Wildman–Crippen MR) is 51.2 cm³/mol. The second-order valence-corrected chi connectivity index (χ2v) is 15.3. The van der Waals surface area contributed by atoms with Gasteiger partial charge in [-0.25, -0.2) is 0 Å². The Labute approximate surface area is 82.1 Å². The predicted octanol–water partition coefficient (Wildman–Crippen LogP) is 1.69. The van der Waals surface area contributed by atoms with Crippen molar-refractivity contribution in [3.05, 3.63) is 0 Å². The summed E-state index contributed by atoms with van der Waals surface area (Å²) in [4.78, 5) is 0. The van der Waals surface area contributed by atoms with Gasteiger partial charge >= 0.3 is 0 Å². The zero-order valence-corrected chi connectivity index (χ0v) is 10.3. The van der Waals surface area contributed by atoms with Crippen LogP contribution in [0.2, 0.25) is 6.04 Å². The van der Waals surface area contributed by atoms with Gasteiger partial charge in [0.25, 0.3) is 7.87 Å². The van der Waals surface area contributed by atoms with E-state index in [-0.39, 0.29) is 5.38 Å². The molecule has 0 aromatic rings. The third-order valence-electron chi connectivity index (χ3n) is 1.28. The van der Waals surface area contributed by atoms with Gasteiger partial charge in [-0.1, -0.05) is 11.6 Å². The smallest absolute Gasteiger partial charge is 0.274 e. The molecule has 4 unspecified atom stereocenters. The van der Waals surface area contributed by atoms with Gasteiger partial charge in [-0.15, -0.1) is 22.7 Å². The van der Waals surface area contributed by atoms with Crippen molar-refractivity contribution in [3.63, 3.8) is 0 Å². The fourth-order valence-electron chi connectivity index (χ4n) is 0.724. The Morgan fingerprint density at radius 1 is 1.30 bits per heavy atom. The molecule has 10 heavy (non-hydrogen) atoms. The molecule has 0 N–H and O–H groups in total. The molecule has 1 heterocycles. The first kappa shape index (κ1) is 9.64. The number of halogens is 4. The van der Waals surface area contributed by atoms with Crippen LogP contribution < -0.4 is 0 Å². The first-order valence-corrected chi connectivity index (χ1v) is 11.1. The molecule has 0 spiro atoms. The average molecular weight is 256 g/mol. The van der Waals surface area contributed by atoms with Gasteiger partial charge in [-0.2, -0.15) is 11.1 Å². The highest BCUT2D eigenvalue weighted by Gasteiger charge is 2.36. The summed E-state index contributed by atoms with van der Waals surface area (Å²) in [5.74, 6) is 0. The Hall–Kier alpha value is 1.55. The first-order valence-electron chi connectivity index (χ1n) is 2.83. The summed E-state index contributed by atoms with van der Waals surface area (Å²) in [6.07, 6.45) is 0. The van der Waals surface area contributed by atoms with Gasteiger partial charge in [-0.3, -0.25) is 0 Å². The highest BCUT2D eigenvalue weighted by atomic mass is 35.6. The second-order valence-electron chi connectivity index (χ2n) is 2.11. The Balaban J connectivity index is 2.46. The molecule has 0 saturated carbocycles. The number of alkyl halides is 2. The Bertz CT molecular complexity index is 99.1. The summed E-state index contributed by atoms with van der Waals surface area (Å²) >= 11 is 23.2. The normalized spacial score (nSPS) is 49.2. The van der Waals surface area contributed by atoms with Crippen LogP contribution in [0.1, 0.15) is 0 Å². The lowest BCUT2D eigenvalue weighted by molar-refractivity contribution is 0.292. The summed E-state index contributed by atoms with van der Waals surface area (Å²) in [5, 5.41) is -0.140. The highest BCUT2D eigenvalue weighted by molar-refractivity contribution is 7.54. The molecule has 1 saturated heterocycles. The molecule has 0 aromatic carbocycles. The average Bonchev–Trinajstić information content (AvgIpc) is 1.84. The molecule has 1 aliphatic rings. The minimum atomic E-state index is -1.62. The molecule has 0 radical (unpaired) electrons. The summed E-state index contributed by atoms with van der Waals surface area (Å²) in [5.41, 5.74) is -0.418. The molecular weight excluding hydrogens is 250 g/mol. The van der Waals surface area contributed by atoms with Gasteiger partial charge in [-0.05, 0) is 6.04 Å². The van der Waals surface area contributed by atoms with E-state index in [1.165, 1.54) is 0 Å². The number of hydrogen-bond donors (Lipinski definition) is 0. The van der Waals surface area contributed by atoms with Crippen molar-refractivity contribution in [1.29, 1.82) is 0 Å².